The molecule has 0 saturated heterocycles. The fraction of sp³-hybridized carbons (Fsp3) is 0.133. The maximum absolute atomic E-state index is 8.78. The van der Waals surface area contributed by atoms with Gasteiger partial charge in [0.1, 0.15) is 0 Å². The van der Waals surface area contributed by atoms with Crippen LogP contribution in [0.25, 0.3) is 0 Å². The number of benzene rings is 2. The number of nitriles is 1. The van der Waals surface area contributed by atoms with Crippen LogP contribution in [0.1, 0.15) is 24.1 Å². The Balaban J connectivity index is 2.18. The summed E-state index contributed by atoms with van der Waals surface area (Å²) >= 11 is 9.48. The van der Waals surface area contributed by atoms with Gasteiger partial charge in [-0.15, -0.1) is 0 Å². The van der Waals surface area contributed by atoms with Crippen LogP contribution in [0.5, 0.6) is 0 Å². The molecular formula is C15H12BrClN2. The highest BCUT2D eigenvalue weighted by Crippen LogP contribution is 2.29. The molecule has 0 fully saturated rings. The summed E-state index contributed by atoms with van der Waals surface area (Å²) < 4.78 is 0.970. The van der Waals surface area contributed by atoms with Gasteiger partial charge in [-0.25, -0.2) is 0 Å². The van der Waals surface area contributed by atoms with E-state index >= 15 is 0 Å². The van der Waals surface area contributed by atoms with Gasteiger partial charge in [0.25, 0.3) is 0 Å². The number of hydrogen-bond acceptors (Lipinski definition) is 2. The molecule has 4 heteroatoms. The second-order valence-corrected chi connectivity index (χ2v) is 5.51. The van der Waals surface area contributed by atoms with E-state index in [0.717, 1.165) is 15.7 Å². The summed E-state index contributed by atoms with van der Waals surface area (Å²) in [6.07, 6.45) is 0. The zero-order chi connectivity index (χ0) is 13.8. The second kappa shape index (κ2) is 6.10. The maximum atomic E-state index is 8.78. The molecule has 96 valence electrons. The maximum Gasteiger partial charge on any atom is 0.0991 e. The van der Waals surface area contributed by atoms with Gasteiger partial charge >= 0.3 is 0 Å². The summed E-state index contributed by atoms with van der Waals surface area (Å²) in [5, 5.41) is 12.9. The average molecular weight is 336 g/mol. The minimum Gasteiger partial charge on any atom is -0.378 e. The lowest BCUT2D eigenvalue weighted by atomic mass is 10.1. The van der Waals surface area contributed by atoms with E-state index in [0.29, 0.717) is 10.6 Å². The van der Waals surface area contributed by atoms with Crippen molar-refractivity contribution in [3.05, 3.63) is 63.1 Å². The highest BCUT2D eigenvalue weighted by Gasteiger charge is 2.08. The van der Waals surface area contributed by atoms with Crippen LogP contribution in [-0.4, -0.2) is 0 Å². The Bertz CT molecular complexity index is 617. The third-order valence-electron chi connectivity index (χ3n) is 2.84. The molecule has 0 aliphatic carbocycles. The first-order valence-electron chi connectivity index (χ1n) is 5.82. The van der Waals surface area contributed by atoms with Crippen molar-refractivity contribution in [1.82, 2.24) is 0 Å². The predicted molar refractivity (Wildman–Crippen MR) is 82.3 cm³/mol. The smallest absolute Gasteiger partial charge is 0.0991 e. The largest absolute Gasteiger partial charge is 0.378 e. The lowest BCUT2D eigenvalue weighted by molar-refractivity contribution is 0.883. The monoisotopic (exact) mass is 334 g/mol. The van der Waals surface area contributed by atoms with Gasteiger partial charge < -0.3 is 5.32 Å². The van der Waals surface area contributed by atoms with Gasteiger partial charge in [0.2, 0.25) is 0 Å². The first-order valence-corrected chi connectivity index (χ1v) is 6.99. The summed E-state index contributed by atoms with van der Waals surface area (Å²) in [4.78, 5) is 0. The molecule has 1 unspecified atom stereocenters. The molecule has 0 aliphatic heterocycles. The van der Waals surface area contributed by atoms with E-state index in [-0.39, 0.29) is 6.04 Å². The average Bonchev–Trinajstić information content (AvgIpc) is 2.43. The Morgan fingerprint density at radius 3 is 2.53 bits per heavy atom. The standard InChI is InChI=1S/C15H12BrClN2/c1-10(12-4-2-11(9-18)3-5-12)19-15-8-13(17)6-7-14(15)16/h2-8,10,19H,1H3. The summed E-state index contributed by atoms with van der Waals surface area (Å²) in [5.41, 5.74) is 2.73. The molecule has 2 aromatic carbocycles. The fourth-order valence-corrected chi connectivity index (χ4v) is 2.30. The highest BCUT2D eigenvalue weighted by atomic mass is 79.9. The lowest BCUT2D eigenvalue weighted by Gasteiger charge is -2.17. The second-order valence-electron chi connectivity index (χ2n) is 4.22. The van der Waals surface area contributed by atoms with E-state index in [2.05, 4.69) is 34.2 Å². The van der Waals surface area contributed by atoms with Gasteiger partial charge in [-0.1, -0.05) is 23.7 Å². The van der Waals surface area contributed by atoms with Crippen molar-refractivity contribution in [3.8, 4) is 6.07 Å². The number of rotatable bonds is 3. The number of hydrogen-bond donors (Lipinski definition) is 1. The van der Waals surface area contributed by atoms with Crippen LogP contribution in [0.2, 0.25) is 5.02 Å². The number of nitrogens with zero attached hydrogens (tertiary/aromatic N) is 1. The van der Waals surface area contributed by atoms with Gasteiger partial charge in [-0.05, 0) is 58.7 Å². The molecule has 1 N–H and O–H groups in total. The van der Waals surface area contributed by atoms with Gasteiger partial charge in [0, 0.05) is 15.5 Å². The first kappa shape index (κ1) is 13.9. The molecule has 2 aromatic rings. The first-order chi connectivity index (χ1) is 9.10. The summed E-state index contributed by atoms with van der Waals surface area (Å²) in [6.45, 7) is 2.06. The molecule has 0 radical (unpaired) electrons. The molecule has 0 aromatic heterocycles. The van der Waals surface area contributed by atoms with Crippen LogP contribution in [0.4, 0.5) is 5.69 Å². The summed E-state index contributed by atoms with van der Waals surface area (Å²) in [5.74, 6) is 0. The SMILES string of the molecule is CC(Nc1cc(Cl)ccc1Br)c1ccc(C#N)cc1. The van der Waals surface area contributed by atoms with Crippen LogP contribution in [0, 0.1) is 11.3 Å². The van der Waals surface area contributed by atoms with Gasteiger partial charge in [0.05, 0.1) is 17.3 Å². The van der Waals surface area contributed by atoms with Crippen LogP contribution in [-0.2, 0) is 0 Å². The summed E-state index contributed by atoms with van der Waals surface area (Å²) in [6, 6.07) is 15.4. The Hall–Kier alpha value is -1.50. The van der Waals surface area contributed by atoms with Crippen LogP contribution in [0.3, 0.4) is 0 Å². The minimum absolute atomic E-state index is 0.127. The van der Waals surface area contributed by atoms with E-state index in [9.17, 15) is 0 Å². The van der Waals surface area contributed by atoms with Crippen molar-refractivity contribution in [2.45, 2.75) is 13.0 Å². The van der Waals surface area contributed by atoms with Crippen molar-refractivity contribution < 1.29 is 0 Å². The molecule has 0 aliphatic rings. The minimum atomic E-state index is 0.127. The molecule has 2 rings (SSSR count). The molecule has 0 bridgehead atoms. The Labute approximate surface area is 126 Å². The molecule has 0 spiro atoms. The summed E-state index contributed by atoms with van der Waals surface area (Å²) in [7, 11) is 0. The van der Waals surface area contributed by atoms with Gasteiger partial charge in [-0.2, -0.15) is 5.26 Å². The van der Waals surface area contributed by atoms with Crippen molar-refractivity contribution in [2.24, 2.45) is 0 Å². The zero-order valence-corrected chi connectivity index (χ0v) is 12.7. The van der Waals surface area contributed by atoms with Crippen LogP contribution in [0.15, 0.2) is 46.9 Å². The normalized spacial score (nSPS) is 11.7. The Morgan fingerprint density at radius 1 is 1.21 bits per heavy atom. The van der Waals surface area contributed by atoms with Crippen molar-refractivity contribution >= 4 is 33.2 Å². The number of anilines is 1. The number of nitrogens with one attached hydrogen (secondary N) is 1. The van der Waals surface area contributed by atoms with E-state index < -0.39 is 0 Å². The molecule has 0 saturated carbocycles. The quantitative estimate of drug-likeness (QED) is 0.842. The van der Waals surface area contributed by atoms with Crippen LogP contribution < -0.4 is 5.32 Å². The molecule has 19 heavy (non-hydrogen) atoms. The molecule has 0 heterocycles. The molecule has 0 amide bonds. The van der Waals surface area contributed by atoms with Gasteiger partial charge in [-0.3, -0.25) is 0 Å². The van der Waals surface area contributed by atoms with E-state index in [1.54, 1.807) is 0 Å². The highest BCUT2D eigenvalue weighted by molar-refractivity contribution is 9.10. The predicted octanol–water partition coefficient (Wildman–Crippen LogP) is 5.15. The third kappa shape index (κ3) is 3.50. The lowest BCUT2D eigenvalue weighted by Crippen LogP contribution is -2.07. The number of halogens is 2. The topological polar surface area (TPSA) is 35.8 Å². The van der Waals surface area contributed by atoms with E-state index in [1.807, 2.05) is 42.5 Å². The van der Waals surface area contributed by atoms with E-state index in [4.69, 9.17) is 16.9 Å². The van der Waals surface area contributed by atoms with Gasteiger partial charge in [0.15, 0.2) is 0 Å². The van der Waals surface area contributed by atoms with E-state index in [1.165, 1.54) is 0 Å². The molecule has 2 nitrogen and oxygen atoms in total. The van der Waals surface area contributed by atoms with Crippen molar-refractivity contribution in [1.29, 1.82) is 5.26 Å². The molecule has 1 atom stereocenters. The fourth-order valence-electron chi connectivity index (χ4n) is 1.77. The van der Waals surface area contributed by atoms with Crippen molar-refractivity contribution in [2.75, 3.05) is 5.32 Å². The van der Waals surface area contributed by atoms with Crippen LogP contribution >= 0.6 is 27.5 Å². The zero-order valence-electron chi connectivity index (χ0n) is 10.3. The Morgan fingerprint density at radius 2 is 1.89 bits per heavy atom. The third-order valence-corrected chi connectivity index (χ3v) is 3.77. The molecular weight excluding hydrogens is 324 g/mol. The Kier molecular flexibility index (Phi) is 4.47. The van der Waals surface area contributed by atoms with Crippen molar-refractivity contribution in [3.63, 3.8) is 0 Å².